The van der Waals surface area contributed by atoms with Gasteiger partial charge in [-0.1, -0.05) is 12.8 Å². The van der Waals surface area contributed by atoms with Crippen molar-refractivity contribution in [3.8, 4) is 0 Å². The van der Waals surface area contributed by atoms with Crippen LogP contribution in [0.3, 0.4) is 0 Å². The molecule has 1 N–H and O–H groups in total. The molecule has 2 rings (SSSR count). The van der Waals surface area contributed by atoms with Gasteiger partial charge in [-0.15, -0.1) is 0 Å². The van der Waals surface area contributed by atoms with E-state index in [1.54, 1.807) is 7.05 Å². The Bertz CT molecular complexity index is 672. The maximum atomic E-state index is 12.8. The number of nitrogens with zero attached hydrogens (tertiary/aromatic N) is 2. The highest BCUT2D eigenvalue weighted by molar-refractivity contribution is 7.89. The molecule has 0 unspecified atom stereocenters. The molecule has 8 nitrogen and oxygen atoms in total. The summed E-state index contributed by atoms with van der Waals surface area (Å²) < 4.78 is 75.1. The van der Waals surface area contributed by atoms with E-state index in [0.29, 0.717) is 25.7 Å². The largest absolute Gasteiger partial charge is 0.434 e. The minimum Gasteiger partial charge on any atom is -0.434 e. The fourth-order valence-corrected chi connectivity index (χ4v) is 5.41. The first kappa shape index (κ1) is 26.1. The summed E-state index contributed by atoms with van der Waals surface area (Å²) in [4.78, 5) is 13.3. The third-order valence-electron chi connectivity index (χ3n) is 5.90. The van der Waals surface area contributed by atoms with Gasteiger partial charge < -0.3 is 19.5 Å². The van der Waals surface area contributed by atoms with E-state index in [0.717, 1.165) is 19.3 Å². The highest BCUT2D eigenvalue weighted by atomic mass is 32.2. The molecule has 0 spiro atoms. The average Bonchev–Trinajstić information content (AvgIpc) is 2.72. The standard InChI is InChI=1S/C19H33F3N2O6S/c1-23(31(27,28)14-15-6-4-7-15)16-8-2-3-9-24(10-5-11-29-13-16)18(26)30-17(12-25)19(20,21)22/h15-17,25H,2-14H2,1H3/t16-,17-/m1/s1. The van der Waals surface area contributed by atoms with Crippen LogP contribution in [0.2, 0.25) is 0 Å². The number of carbonyl (C=O) groups excluding carboxylic acids is 1. The van der Waals surface area contributed by atoms with Crippen molar-refractivity contribution in [3.05, 3.63) is 0 Å². The molecule has 1 saturated heterocycles. The molecule has 0 bridgehead atoms. The molecule has 2 aliphatic rings. The molecule has 2 atom stereocenters. The summed E-state index contributed by atoms with van der Waals surface area (Å²) >= 11 is 0. The third kappa shape index (κ3) is 8.07. The average molecular weight is 475 g/mol. The van der Waals surface area contributed by atoms with Crippen molar-refractivity contribution in [3.63, 3.8) is 0 Å². The van der Waals surface area contributed by atoms with Gasteiger partial charge in [-0.25, -0.2) is 13.2 Å². The van der Waals surface area contributed by atoms with Crippen LogP contribution in [0.4, 0.5) is 18.0 Å². The normalized spacial score (nSPS) is 23.7. The number of likely N-dealkylation sites (N-methyl/N-ethyl adjacent to an activating group) is 1. The first-order valence-corrected chi connectivity index (χ1v) is 12.3. The van der Waals surface area contributed by atoms with Crippen molar-refractivity contribution in [1.82, 2.24) is 9.21 Å². The summed E-state index contributed by atoms with van der Waals surface area (Å²) in [5.41, 5.74) is 0. The predicted molar refractivity (Wildman–Crippen MR) is 107 cm³/mol. The quantitative estimate of drug-likeness (QED) is 0.635. The van der Waals surface area contributed by atoms with E-state index in [1.165, 1.54) is 9.21 Å². The second-order valence-electron chi connectivity index (χ2n) is 8.25. The summed E-state index contributed by atoms with van der Waals surface area (Å²) in [5, 5.41) is 8.86. The van der Waals surface area contributed by atoms with Crippen molar-refractivity contribution in [2.45, 2.75) is 63.3 Å². The molecule has 0 radical (unpaired) electrons. The first-order chi connectivity index (χ1) is 14.5. The Labute approximate surface area is 181 Å². The maximum Gasteiger partial charge on any atom is 0.427 e. The van der Waals surface area contributed by atoms with Crippen molar-refractivity contribution < 1.29 is 41.0 Å². The lowest BCUT2D eigenvalue weighted by Crippen LogP contribution is -2.43. The zero-order valence-corrected chi connectivity index (χ0v) is 18.7. The number of ether oxygens (including phenoxy) is 2. The van der Waals surface area contributed by atoms with Crippen LogP contribution in [-0.4, -0.2) is 92.9 Å². The van der Waals surface area contributed by atoms with Crippen LogP contribution in [0.5, 0.6) is 0 Å². The Balaban J connectivity index is 1.91. The molecule has 0 aromatic heterocycles. The number of alkyl halides is 3. The minimum atomic E-state index is -4.84. The van der Waals surface area contributed by atoms with E-state index >= 15 is 0 Å². The number of amides is 1. The summed E-state index contributed by atoms with van der Waals surface area (Å²) in [7, 11) is -1.83. The van der Waals surface area contributed by atoms with Gasteiger partial charge >= 0.3 is 12.3 Å². The molecule has 1 saturated carbocycles. The number of carbonyl (C=O) groups is 1. The summed E-state index contributed by atoms with van der Waals surface area (Å²) in [6.45, 7) is -0.546. The monoisotopic (exact) mass is 474 g/mol. The van der Waals surface area contributed by atoms with Gasteiger partial charge in [0.15, 0.2) is 0 Å². The molecular weight excluding hydrogens is 441 g/mol. The molecule has 1 amide bonds. The Kier molecular flexibility index (Phi) is 9.84. The van der Waals surface area contributed by atoms with E-state index in [9.17, 15) is 26.4 Å². The third-order valence-corrected chi connectivity index (χ3v) is 7.97. The molecule has 0 aromatic rings. The Morgan fingerprint density at radius 1 is 1.19 bits per heavy atom. The van der Waals surface area contributed by atoms with E-state index in [-0.39, 0.29) is 44.0 Å². The maximum absolute atomic E-state index is 12.8. The van der Waals surface area contributed by atoms with Crippen LogP contribution in [-0.2, 0) is 19.5 Å². The summed E-state index contributed by atoms with van der Waals surface area (Å²) in [6, 6.07) is -0.326. The Hall–Kier alpha value is -1.11. The van der Waals surface area contributed by atoms with Crippen molar-refractivity contribution in [2.24, 2.45) is 5.92 Å². The Morgan fingerprint density at radius 3 is 2.45 bits per heavy atom. The van der Waals surface area contributed by atoms with Gasteiger partial charge in [0.2, 0.25) is 16.1 Å². The fraction of sp³-hybridized carbons (Fsp3) is 0.947. The van der Waals surface area contributed by atoms with E-state index in [4.69, 9.17) is 9.84 Å². The van der Waals surface area contributed by atoms with Crippen molar-refractivity contribution in [2.75, 3.05) is 45.7 Å². The van der Waals surface area contributed by atoms with Crippen molar-refractivity contribution in [1.29, 1.82) is 0 Å². The van der Waals surface area contributed by atoms with Crippen LogP contribution < -0.4 is 0 Å². The van der Waals surface area contributed by atoms with Gasteiger partial charge in [0.25, 0.3) is 0 Å². The topological polar surface area (TPSA) is 96.4 Å². The molecule has 2 fully saturated rings. The van der Waals surface area contributed by atoms with Crippen LogP contribution in [0, 0.1) is 5.92 Å². The molecule has 0 aromatic carbocycles. The zero-order chi connectivity index (χ0) is 23.1. The van der Waals surface area contributed by atoms with Crippen LogP contribution in [0.15, 0.2) is 0 Å². The number of hydrogen-bond donors (Lipinski definition) is 1. The number of aliphatic hydroxyl groups excluding tert-OH is 1. The molecule has 31 heavy (non-hydrogen) atoms. The van der Waals surface area contributed by atoms with Gasteiger partial charge in [0, 0.05) is 32.8 Å². The lowest BCUT2D eigenvalue weighted by atomic mass is 9.87. The van der Waals surface area contributed by atoms with Gasteiger partial charge in [-0.3, -0.25) is 0 Å². The highest BCUT2D eigenvalue weighted by Gasteiger charge is 2.43. The van der Waals surface area contributed by atoms with E-state index < -0.39 is 35.0 Å². The van der Waals surface area contributed by atoms with Crippen LogP contribution in [0.25, 0.3) is 0 Å². The van der Waals surface area contributed by atoms with Gasteiger partial charge in [0.1, 0.15) is 0 Å². The first-order valence-electron chi connectivity index (χ1n) is 10.7. The van der Waals surface area contributed by atoms with Gasteiger partial charge in [-0.05, 0) is 38.0 Å². The lowest BCUT2D eigenvalue weighted by molar-refractivity contribution is -0.214. The number of sulfonamides is 1. The SMILES string of the molecule is CN([C@@H]1CCCCN(C(=O)O[C@H](CO)C(F)(F)F)CCCOC1)S(=O)(=O)CC1CCC1. The molecule has 182 valence electrons. The lowest BCUT2D eigenvalue weighted by Gasteiger charge is -2.31. The Morgan fingerprint density at radius 2 is 1.87 bits per heavy atom. The van der Waals surface area contributed by atoms with Gasteiger partial charge in [0.05, 0.1) is 19.0 Å². The number of halogens is 3. The molecule has 1 heterocycles. The van der Waals surface area contributed by atoms with Gasteiger partial charge in [-0.2, -0.15) is 17.5 Å². The number of hydrogen-bond acceptors (Lipinski definition) is 6. The minimum absolute atomic E-state index is 0.144. The van der Waals surface area contributed by atoms with Crippen molar-refractivity contribution >= 4 is 16.1 Å². The summed E-state index contributed by atoms with van der Waals surface area (Å²) in [6.07, 6.45) is -3.65. The fourth-order valence-electron chi connectivity index (χ4n) is 3.63. The summed E-state index contributed by atoms with van der Waals surface area (Å²) in [5.74, 6) is 0.361. The molecular formula is C19H33F3N2O6S. The number of aliphatic hydroxyl groups is 1. The zero-order valence-electron chi connectivity index (χ0n) is 17.8. The molecule has 1 aliphatic heterocycles. The van der Waals surface area contributed by atoms with E-state index in [1.807, 2.05) is 0 Å². The highest BCUT2D eigenvalue weighted by Crippen LogP contribution is 2.29. The predicted octanol–water partition coefficient (Wildman–Crippen LogP) is 2.37. The number of rotatable bonds is 6. The molecule has 12 heteroatoms. The van der Waals surface area contributed by atoms with E-state index in [2.05, 4.69) is 4.74 Å². The second-order valence-corrected chi connectivity index (χ2v) is 10.3. The van der Waals surface area contributed by atoms with Crippen LogP contribution in [0.1, 0.15) is 44.9 Å². The second kappa shape index (κ2) is 11.7. The molecule has 1 aliphatic carbocycles. The van der Waals surface area contributed by atoms with Crippen LogP contribution >= 0.6 is 0 Å². The smallest absolute Gasteiger partial charge is 0.427 e.